The van der Waals surface area contributed by atoms with Gasteiger partial charge in [-0.1, -0.05) is 12.1 Å². The average Bonchev–Trinajstić information content (AvgIpc) is 2.30. The molecule has 2 N–H and O–H groups in total. The lowest BCUT2D eigenvalue weighted by Gasteiger charge is -2.41. The van der Waals surface area contributed by atoms with E-state index in [-0.39, 0.29) is 5.91 Å². The lowest BCUT2D eigenvalue weighted by atomic mass is 10.0. The van der Waals surface area contributed by atoms with Crippen LogP contribution in [0, 0.1) is 0 Å². The number of hydrogen-bond donors (Lipinski definition) is 2. The summed E-state index contributed by atoms with van der Waals surface area (Å²) in [6, 6.07) is 7.33. The van der Waals surface area contributed by atoms with Crippen molar-refractivity contribution < 1.29 is 14.3 Å². The van der Waals surface area contributed by atoms with Crippen molar-refractivity contribution in [2.45, 2.75) is 18.9 Å². The first-order chi connectivity index (χ1) is 8.10. The second-order valence-corrected chi connectivity index (χ2v) is 4.13. The van der Waals surface area contributed by atoms with Crippen LogP contribution in [0.5, 0.6) is 0 Å². The van der Waals surface area contributed by atoms with Crippen molar-refractivity contribution in [2.75, 3.05) is 19.5 Å². The smallest absolute Gasteiger partial charge is 0.255 e. The van der Waals surface area contributed by atoms with E-state index in [1.165, 1.54) is 14.2 Å². The lowest BCUT2D eigenvalue weighted by Crippen LogP contribution is -2.63. The second kappa shape index (κ2) is 4.35. The van der Waals surface area contributed by atoms with Crippen molar-refractivity contribution in [2.24, 2.45) is 0 Å². The third-order valence-electron chi connectivity index (χ3n) is 2.84. The van der Waals surface area contributed by atoms with Gasteiger partial charge in [-0.05, 0) is 19.1 Å². The number of rotatable bonds is 3. The molecule has 92 valence electrons. The Kier molecular flexibility index (Phi) is 3.04. The van der Waals surface area contributed by atoms with E-state index in [4.69, 9.17) is 9.47 Å². The molecule has 1 aromatic rings. The van der Waals surface area contributed by atoms with E-state index in [0.717, 1.165) is 5.69 Å². The third-order valence-corrected chi connectivity index (χ3v) is 2.84. The standard InChI is InChI=1S/C12H16N2O3/c1-12(11(16-2)17-3)13-9-7-5-4-6-8(9)10(15)14-12/h4-7,11,13H,1-3H3,(H,14,15)/t12-/m0/s1. The highest BCUT2D eigenvalue weighted by molar-refractivity contribution is 6.02. The molecule has 0 fully saturated rings. The van der Waals surface area contributed by atoms with Gasteiger partial charge in [0.2, 0.25) is 0 Å². The van der Waals surface area contributed by atoms with Gasteiger partial charge in [-0.25, -0.2) is 0 Å². The van der Waals surface area contributed by atoms with E-state index in [1.807, 2.05) is 25.1 Å². The van der Waals surface area contributed by atoms with Gasteiger partial charge in [0.25, 0.3) is 5.91 Å². The van der Waals surface area contributed by atoms with Crippen LogP contribution >= 0.6 is 0 Å². The summed E-state index contributed by atoms with van der Waals surface area (Å²) >= 11 is 0. The monoisotopic (exact) mass is 236 g/mol. The van der Waals surface area contributed by atoms with Crippen LogP contribution in [-0.2, 0) is 9.47 Å². The predicted molar refractivity (Wildman–Crippen MR) is 63.7 cm³/mol. The first-order valence-corrected chi connectivity index (χ1v) is 5.36. The molecule has 0 aromatic heterocycles. The maximum absolute atomic E-state index is 12.0. The third kappa shape index (κ3) is 1.99. The molecule has 0 bridgehead atoms. The molecule has 0 radical (unpaired) electrons. The van der Waals surface area contributed by atoms with Gasteiger partial charge in [0.05, 0.1) is 5.56 Å². The summed E-state index contributed by atoms with van der Waals surface area (Å²) in [4.78, 5) is 12.0. The summed E-state index contributed by atoms with van der Waals surface area (Å²) < 4.78 is 10.4. The fraction of sp³-hybridized carbons (Fsp3) is 0.417. The fourth-order valence-corrected chi connectivity index (χ4v) is 2.09. The topological polar surface area (TPSA) is 59.6 Å². The van der Waals surface area contributed by atoms with Crippen LogP contribution in [0.3, 0.4) is 0 Å². The van der Waals surface area contributed by atoms with Gasteiger partial charge in [0.15, 0.2) is 12.0 Å². The number of anilines is 1. The van der Waals surface area contributed by atoms with Gasteiger partial charge in [0.1, 0.15) is 0 Å². The highest BCUT2D eigenvalue weighted by Crippen LogP contribution is 2.27. The zero-order valence-corrected chi connectivity index (χ0v) is 10.1. The Labute approximate surface area is 100 Å². The molecule has 5 nitrogen and oxygen atoms in total. The number of hydrogen-bond acceptors (Lipinski definition) is 4. The summed E-state index contributed by atoms with van der Waals surface area (Å²) in [6.07, 6.45) is -0.570. The fourth-order valence-electron chi connectivity index (χ4n) is 2.09. The number of carbonyl (C=O) groups is 1. The van der Waals surface area contributed by atoms with Crippen LogP contribution in [0.4, 0.5) is 5.69 Å². The second-order valence-electron chi connectivity index (χ2n) is 4.13. The maximum Gasteiger partial charge on any atom is 0.255 e. The van der Waals surface area contributed by atoms with Crippen LogP contribution in [0.15, 0.2) is 24.3 Å². The van der Waals surface area contributed by atoms with Crippen molar-refractivity contribution in [1.82, 2.24) is 5.32 Å². The van der Waals surface area contributed by atoms with E-state index >= 15 is 0 Å². The normalized spacial score (nSPS) is 22.9. The molecule has 0 aliphatic carbocycles. The number of carbonyl (C=O) groups excluding carboxylic acids is 1. The van der Waals surface area contributed by atoms with E-state index in [0.29, 0.717) is 5.56 Å². The van der Waals surface area contributed by atoms with Crippen molar-refractivity contribution in [3.05, 3.63) is 29.8 Å². The number of nitrogens with one attached hydrogen (secondary N) is 2. The molecule has 1 amide bonds. The van der Waals surface area contributed by atoms with Gasteiger partial charge in [-0.3, -0.25) is 4.79 Å². The summed E-state index contributed by atoms with van der Waals surface area (Å²) in [5, 5.41) is 6.07. The molecular formula is C12H16N2O3. The van der Waals surface area contributed by atoms with Crippen LogP contribution < -0.4 is 10.6 Å². The minimum atomic E-state index is -0.783. The molecule has 1 aliphatic heterocycles. The van der Waals surface area contributed by atoms with E-state index in [9.17, 15) is 4.79 Å². The van der Waals surface area contributed by atoms with Gasteiger partial charge >= 0.3 is 0 Å². The Morgan fingerprint density at radius 1 is 1.18 bits per heavy atom. The minimum absolute atomic E-state index is 0.138. The SMILES string of the molecule is COC(OC)[C@]1(C)NC(=O)c2ccccc2N1. The van der Waals surface area contributed by atoms with Crippen LogP contribution in [0.2, 0.25) is 0 Å². The van der Waals surface area contributed by atoms with Gasteiger partial charge in [-0.2, -0.15) is 0 Å². The Morgan fingerprint density at radius 2 is 1.82 bits per heavy atom. The molecule has 17 heavy (non-hydrogen) atoms. The zero-order chi connectivity index (χ0) is 12.5. The number of ether oxygens (including phenoxy) is 2. The van der Waals surface area contributed by atoms with Crippen molar-refractivity contribution >= 4 is 11.6 Å². The predicted octanol–water partition coefficient (Wildman–Crippen LogP) is 1.18. The molecule has 1 heterocycles. The van der Waals surface area contributed by atoms with Crippen LogP contribution in [0.25, 0.3) is 0 Å². The largest absolute Gasteiger partial charge is 0.358 e. The highest BCUT2D eigenvalue weighted by Gasteiger charge is 2.40. The van der Waals surface area contributed by atoms with Crippen molar-refractivity contribution in [3.63, 3.8) is 0 Å². The average molecular weight is 236 g/mol. The van der Waals surface area contributed by atoms with Gasteiger partial charge in [0, 0.05) is 19.9 Å². The van der Waals surface area contributed by atoms with Gasteiger partial charge < -0.3 is 20.1 Å². The number of para-hydroxylation sites is 1. The molecule has 5 heteroatoms. The van der Waals surface area contributed by atoms with Gasteiger partial charge in [-0.15, -0.1) is 0 Å². The minimum Gasteiger partial charge on any atom is -0.358 e. The molecule has 2 rings (SSSR count). The number of benzene rings is 1. The highest BCUT2D eigenvalue weighted by atomic mass is 16.7. The quantitative estimate of drug-likeness (QED) is 0.774. The Bertz CT molecular complexity index is 432. The number of fused-ring (bicyclic) bond motifs is 1. The molecule has 1 aromatic carbocycles. The Hall–Kier alpha value is -1.59. The van der Waals surface area contributed by atoms with Crippen LogP contribution in [-0.4, -0.2) is 32.1 Å². The summed E-state index contributed by atoms with van der Waals surface area (Å²) in [7, 11) is 3.07. The molecule has 1 atom stereocenters. The Balaban J connectivity index is 2.36. The van der Waals surface area contributed by atoms with E-state index in [1.54, 1.807) is 6.07 Å². The lowest BCUT2D eigenvalue weighted by molar-refractivity contribution is -0.142. The maximum atomic E-state index is 12.0. The summed E-state index contributed by atoms with van der Waals surface area (Å²) in [5.74, 6) is -0.138. The molecule has 1 aliphatic rings. The van der Waals surface area contributed by atoms with E-state index < -0.39 is 12.0 Å². The molecular weight excluding hydrogens is 220 g/mol. The molecule has 0 saturated carbocycles. The number of amides is 1. The first kappa shape index (κ1) is 11.9. The van der Waals surface area contributed by atoms with Crippen LogP contribution in [0.1, 0.15) is 17.3 Å². The summed E-state index contributed by atoms with van der Waals surface area (Å²) in [6.45, 7) is 1.82. The Morgan fingerprint density at radius 3 is 2.47 bits per heavy atom. The summed E-state index contributed by atoms with van der Waals surface area (Å²) in [5.41, 5.74) is 0.614. The molecule has 0 unspecified atom stereocenters. The molecule has 0 saturated heterocycles. The van der Waals surface area contributed by atoms with Crippen molar-refractivity contribution in [3.8, 4) is 0 Å². The molecule has 0 spiro atoms. The zero-order valence-electron chi connectivity index (χ0n) is 10.1. The van der Waals surface area contributed by atoms with Crippen molar-refractivity contribution in [1.29, 1.82) is 0 Å². The number of methoxy groups -OCH3 is 2. The first-order valence-electron chi connectivity index (χ1n) is 5.36. The van der Waals surface area contributed by atoms with E-state index in [2.05, 4.69) is 10.6 Å².